The molecule has 7 nitrogen and oxygen atoms in total. The van der Waals surface area contributed by atoms with Gasteiger partial charge in [-0.3, -0.25) is 4.79 Å². The molecule has 0 fully saturated rings. The van der Waals surface area contributed by atoms with Crippen molar-refractivity contribution in [3.8, 4) is 22.8 Å². The molecule has 3 rings (SSSR count). The van der Waals surface area contributed by atoms with Crippen LogP contribution in [0.2, 0.25) is 0 Å². The lowest BCUT2D eigenvalue weighted by Gasteiger charge is -2.11. The van der Waals surface area contributed by atoms with Crippen LogP contribution in [0.4, 0.5) is 19.1 Å². The first-order chi connectivity index (χ1) is 15.2. The molecule has 168 valence electrons. The van der Waals surface area contributed by atoms with E-state index in [1.807, 2.05) is 12.1 Å². The molecule has 0 aliphatic carbocycles. The number of aromatic nitrogens is 2. The van der Waals surface area contributed by atoms with Crippen LogP contribution in [0, 0.1) is 0 Å². The van der Waals surface area contributed by atoms with E-state index in [0.29, 0.717) is 30.0 Å². The summed E-state index contributed by atoms with van der Waals surface area (Å²) in [5.41, 5.74) is 6.16. The summed E-state index contributed by atoms with van der Waals surface area (Å²) in [6, 6.07) is 11.3. The summed E-state index contributed by atoms with van der Waals surface area (Å²) in [5, 5.41) is 3.02. The number of benzene rings is 2. The number of rotatable bonds is 8. The average Bonchev–Trinajstić information content (AvgIpc) is 2.78. The average molecular weight is 446 g/mol. The molecule has 0 atom stereocenters. The molecule has 32 heavy (non-hydrogen) atoms. The third-order valence-corrected chi connectivity index (χ3v) is 4.63. The minimum Gasteiger partial charge on any atom is -0.493 e. The number of nitrogens with zero attached hydrogens (tertiary/aromatic N) is 2. The van der Waals surface area contributed by atoms with Gasteiger partial charge in [-0.15, -0.1) is 0 Å². The van der Waals surface area contributed by atoms with Gasteiger partial charge < -0.3 is 20.5 Å². The smallest absolute Gasteiger partial charge is 0.416 e. The number of nitrogens with two attached hydrogens (primary N) is 1. The maximum Gasteiger partial charge on any atom is 0.416 e. The molecule has 3 aromatic rings. The molecular formula is C22H21F3N4O3. The number of nitrogens with one attached hydrogen (secondary N) is 1. The molecule has 1 amide bonds. The number of amides is 1. The second-order valence-corrected chi connectivity index (χ2v) is 6.77. The quantitative estimate of drug-likeness (QED) is 0.544. The van der Waals surface area contributed by atoms with Gasteiger partial charge in [0.1, 0.15) is 5.69 Å². The molecule has 3 N–H and O–H groups in total. The predicted molar refractivity (Wildman–Crippen MR) is 113 cm³/mol. The third-order valence-electron chi connectivity index (χ3n) is 4.63. The van der Waals surface area contributed by atoms with Crippen LogP contribution in [0.25, 0.3) is 11.3 Å². The highest BCUT2D eigenvalue weighted by atomic mass is 19.4. The Hall–Kier alpha value is -3.82. The Kier molecular flexibility index (Phi) is 6.82. The van der Waals surface area contributed by atoms with Crippen LogP contribution in [-0.2, 0) is 12.6 Å². The van der Waals surface area contributed by atoms with Crippen molar-refractivity contribution in [1.82, 2.24) is 9.97 Å². The number of carbonyl (C=O) groups is 1. The summed E-state index contributed by atoms with van der Waals surface area (Å²) in [7, 11) is 3.10. The molecule has 0 saturated heterocycles. The van der Waals surface area contributed by atoms with Crippen LogP contribution in [0.5, 0.6) is 11.5 Å². The summed E-state index contributed by atoms with van der Waals surface area (Å²) in [4.78, 5) is 20.1. The minimum atomic E-state index is -4.44. The fourth-order valence-corrected chi connectivity index (χ4v) is 2.99. The Bertz CT molecular complexity index is 1100. The molecule has 2 aromatic carbocycles. The van der Waals surface area contributed by atoms with E-state index in [2.05, 4.69) is 15.3 Å². The molecule has 0 unspecified atom stereocenters. The van der Waals surface area contributed by atoms with Gasteiger partial charge in [0, 0.05) is 12.1 Å². The maximum atomic E-state index is 12.8. The number of hydrogen-bond acceptors (Lipinski definition) is 6. The Morgan fingerprint density at radius 1 is 1.00 bits per heavy atom. The Morgan fingerprint density at radius 2 is 1.69 bits per heavy atom. The fourth-order valence-electron chi connectivity index (χ4n) is 2.99. The summed E-state index contributed by atoms with van der Waals surface area (Å²) in [5.74, 6) is 0.574. The van der Waals surface area contributed by atoms with Crippen LogP contribution < -0.4 is 20.5 Å². The van der Waals surface area contributed by atoms with E-state index >= 15 is 0 Å². The lowest BCUT2D eigenvalue weighted by Crippen LogP contribution is -2.16. The number of alkyl halides is 3. The summed E-state index contributed by atoms with van der Waals surface area (Å²) in [6.45, 7) is 0.421. The van der Waals surface area contributed by atoms with Gasteiger partial charge in [0.15, 0.2) is 11.5 Å². The van der Waals surface area contributed by atoms with Gasteiger partial charge in [0.05, 0.1) is 25.5 Å². The zero-order valence-corrected chi connectivity index (χ0v) is 17.4. The topological polar surface area (TPSA) is 99.4 Å². The van der Waals surface area contributed by atoms with Gasteiger partial charge in [-0.1, -0.05) is 18.2 Å². The van der Waals surface area contributed by atoms with Crippen LogP contribution in [0.3, 0.4) is 0 Å². The maximum absolute atomic E-state index is 12.8. The SMILES string of the molecule is COc1ccc(CCNc2nc(C(N)=O)cc(-c3ccc(C(F)(F)F)cc3)n2)cc1OC. The molecular weight excluding hydrogens is 425 g/mol. The van der Waals surface area contributed by atoms with E-state index in [1.54, 1.807) is 20.3 Å². The predicted octanol–water partition coefficient (Wildman–Crippen LogP) is 3.93. The fraction of sp³-hybridized carbons (Fsp3) is 0.227. The highest BCUT2D eigenvalue weighted by Crippen LogP contribution is 2.31. The standard InChI is InChI=1S/C22H21F3N4O3/c1-31-18-8-3-13(11-19(18)32-2)9-10-27-21-28-16(12-17(29-21)20(26)30)14-4-6-15(7-5-14)22(23,24)25/h3-8,11-12H,9-10H2,1-2H3,(H2,26,30)(H,27,28,29). The van der Waals surface area contributed by atoms with Gasteiger partial charge in [-0.2, -0.15) is 13.2 Å². The zero-order chi connectivity index (χ0) is 23.3. The monoisotopic (exact) mass is 446 g/mol. The molecule has 0 saturated carbocycles. The minimum absolute atomic E-state index is 0.0523. The van der Waals surface area contributed by atoms with Gasteiger partial charge in [-0.05, 0) is 42.3 Å². The molecule has 10 heteroatoms. The molecule has 1 heterocycles. The van der Waals surface area contributed by atoms with Crippen LogP contribution in [0.15, 0.2) is 48.5 Å². The van der Waals surface area contributed by atoms with Crippen LogP contribution >= 0.6 is 0 Å². The second kappa shape index (κ2) is 9.54. The number of carbonyl (C=O) groups excluding carboxylic acids is 1. The van der Waals surface area contributed by atoms with Crippen molar-refractivity contribution in [3.63, 3.8) is 0 Å². The number of halogens is 3. The molecule has 0 radical (unpaired) electrons. The number of primary amides is 1. The van der Waals surface area contributed by atoms with E-state index in [-0.39, 0.29) is 17.3 Å². The van der Waals surface area contributed by atoms with E-state index in [1.165, 1.54) is 18.2 Å². The molecule has 0 aliphatic rings. The lowest BCUT2D eigenvalue weighted by atomic mass is 10.1. The highest BCUT2D eigenvalue weighted by molar-refractivity contribution is 5.92. The van der Waals surface area contributed by atoms with Crippen molar-refractivity contribution >= 4 is 11.9 Å². The normalized spacial score (nSPS) is 11.2. The summed E-state index contributed by atoms with van der Waals surface area (Å²) < 4.78 is 48.9. The van der Waals surface area contributed by atoms with E-state index < -0.39 is 17.6 Å². The first-order valence-electron chi connectivity index (χ1n) is 9.52. The van der Waals surface area contributed by atoms with Crippen LogP contribution in [-0.4, -0.2) is 36.6 Å². The van der Waals surface area contributed by atoms with Crippen molar-refractivity contribution in [2.45, 2.75) is 12.6 Å². The molecule has 0 bridgehead atoms. The first kappa shape index (κ1) is 22.9. The van der Waals surface area contributed by atoms with Gasteiger partial charge >= 0.3 is 6.18 Å². The number of hydrogen-bond donors (Lipinski definition) is 2. The molecule has 0 aliphatic heterocycles. The van der Waals surface area contributed by atoms with E-state index in [9.17, 15) is 18.0 Å². The van der Waals surface area contributed by atoms with Crippen molar-refractivity contribution in [2.75, 3.05) is 26.1 Å². The van der Waals surface area contributed by atoms with Crippen molar-refractivity contribution in [3.05, 3.63) is 65.4 Å². The Balaban J connectivity index is 1.78. The van der Waals surface area contributed by atoms with Gasteiger partial charge in [-0.25, -0.2) is 9.97 Å². The largest absolute Gasteiger partial charge is 0.493 e. The van der Waals surface area contributed by atoms with Gasteiger partial charge in [0.25, 0.3) is 5.91 Å². The summed E-state index contributed by atoms with van der Waals surface area (Å²) >= 11 is 0. The van der Waals surface area contributed by atoms with Crippen molar-refractivity contribution in [2.24, 2.45) is 5.73 Å². The van der Waals surface area contributed by atoms with Crippen molar-refractivity contribution < 1.29 is 27.4 Å². The van der Waals surface area contributed by atoms with Crippen LogP contribution in [0.1, 0.15) is 21.6 Å². The van der Waals surface area contributed by atoms with E-state index in [0.717, 1.165) is 17.7 Å². The number of ether oxygens (including phenoxy) is 2. The third kappa shape index (κ3) is 5.45. The zero-order valence-electron chi connectivity index (χ0n) is 17.4. The first-order valence-corrected chi connectivity index (χ1v) is 9.52. The number of anilines is 1. The van der Waals surface area contributed by atoms with E-state index in [4.69, 9.17) is 15.2 Å². The van der Waals surface area contributed by atoms with Crippen molar-refractivity contribution in [1.29, 1.82) is 0 Å². The second-order valence-electron chi connectivity index (χ2n) is 6.77. The summed E-state index contributed by atoms with van der Waals surface area (Å²) in [6.07, 6.45) is -3.86. The highest BCUT2D eigenvalue weighted by Gasteiger charge is 2.30. The van der Waals surface area contributed by atoms with Gasteiger partial charge in [0.2, 0.25) is 5.95 Å². The number of methoxy groups -OCH3 is 2. The molecule has 1 aromatic heterocycles. The molecule has 0 spiro atoms. The Morgan fingerprint density at radius 3 is 2.28 bits per heavy atom. The lowest BCUT2D eigenvalue weighted by molar-refractivity contribution is -0.137. The Labute approximate surface area is 182 Å².